The number of hydrogen-bond acceptors (Lipinski definition) is 4. The Hall–Kier alpha value is -1.91. The molecule has 0 radical (unpaired) electrons. The molecule has 0 aliphatic carbocycles. The second-order valence-corrected chi connectivity index (χ2v) is 4.92. The monoisotopic (exact) mass is 273 g/mol. The zero-order chi connectivity index (χ0) is 14.2. The van der Waals surface area contributed by atoms with Gasteiger partial charge in [0.1, 0.15) is 11.8 Å². The van der Waals surface area contributed by atoms with E-state index >= 15 is 0 Å². The topological polar surface area (TPSA) is 57.7 Å². The Kier molecular flexibility index (Phi) is 5.53. The third-order valence-corrected chi connectivity index (χ3v) is 3.29. The van der Waals surface area contributed by atoms with Crippen molar-refractivity contribution < 1.29 is 0 Å². The Morgan fingerprint density at radius 2 is 1.85 bits per heavy atom. The maximum Gasteiger partial charge on any atom is 0.181 e. The van der Waals surface area contributed by atoms with Crippen molar-refractivity contribution in [1.29, 1.82) is 0 Å². The lowest BCUT2D eigenvalue weighted by Gasteiger charge is -2.19. The Labute approximate surface area is 120 Å². The van der Waals surface area contributed by atoms with Crippen LogP contribution in [0.3, 0.4) is 0 Å². The maximum atomic E-state index is 4.32. The highest BCUT2D eigenvalue weighted by molar-refractivity contribution is 5.78. The summed E-state index contributed by atoms with van der Waals surface area (Å²) in [5.74, 6) is 0. The van der Waals surface area contributed by atoms with E-state index in [2.05, 4.69) is 44.9 Å². The van der Waals surface area contributed by atoms with E-state index in [1.54, 1.807) is 12.7 Å². The average molecular weight is 273 g/mol. The van der Waals surface area contributed by atoms with Crippen LogP contribution in [0.4, 0.5) is 0 Å². The van der Waals surface area contributed by atoms with Crippen molar-refractivity contribution in [1.82, 2.24) is 24.8 Å². The molecular weight excluding hydrogens is 250 g/mol. The lowest BCUT2D eigenvalue weighted by molar-refractivity contribution is 0.362. The van der Waals surface area contributed by atoms with Crippen molar-refractivity contribution in [3.8, 4) is 0 Å². The lowest BCUT2D eigenvalue weighted by Crippen LogP contribution is -2.19. The molecule has 0 aliphatic heterocycles. The first-order chi connectivity index (χ1) is 9.85. The van der Waals surface area contributed by atoms with E-state index in [1.807, 2.05) is 6.08 Å². The number of hydrogen-bond donors (Lipinski definition) is 1. The first-order valence-corrected chi connectivity index (χ1v) is 7.41. The molecule has 2 aromatic rings. The minimum atomic E-state index is 0.716. The number of H-pyrrole nitrogens is 1. The highest BCUT2D eigenvalue weighted by atomic mass is 15.1. The van der Waals surface area contributed by atoms with Gasteiger partial charge in [-0.15, -0.1) is 0 Å². The van der Waals surface area contributed by atoms with Crippen LogP contribution in [-0.4, -0.2) is 37.9 Å². The number of imidazole rings is 1. The second kappa shape index (κ2) is 7.62. The molecule has 0 unspecified atom stereocenters. The number of fused-ring (bicyclic) bond motifs is 1. The van der Waals surface area contributed by atoms with Crippen LogP contribution in [0.25, 0.3) is 17.2 Å². The van der Waals surface area contributed by atoms with Gasteiger partial charge in [0.2, 0.25) is 0 Å². The Morgan fingerprint density at radius 3 is 2.55 bits per heavy atom. The van der Waals surface area contributed by atoms with Crippen LogP contribution in [0, 0.1) is 0 Å². The van der Waals surface area contributed by atoms with Crippen LogP contribution in [-0.2, 0) is 0 Å². The van der Waals surface area contributed by atoms with Crippen LogP contribution < -0.4 is 0 Å². The summed E-state index contributed by atoms with van der Waals surface area (Å²) in [7, 11) is 0. The van der Waals surface area contributed by atoms with Gasteiger partial charge in [-0.1, -0.05) is 26.7 Å². The highest BCUT2D eigenvalue weighted by Crippen LogP contribution is 2.11. The molecule has 0 aromatic carbocycles. The fraction of sp³-hybridized carbons (Fsp3) is 0.533. The summed E-state index contributed by atoms with van der Waals surface area (Å²) >= 11 is 0. The largest absolute Gasteiger partial charge is 0.377 e. The fourth-order valence-corrected chi connectivity index (χ4v) is 2.07. The molecule has 0 saturated heterocycles. The van der Waals surface area contributed by atoms with E-state index < -0.39 is 0 Å². The maximum absolute atomic E-state index is 4.32. The van der Waals surface area contributed by atoms with Crippen LogP contribution in [0.15, 0.2) is 18.9 Å². The summed E-state index contributed by atoms with van der Waals surface area (Å²) in [6.07, 6.45) is 12.3. The van der Waals surface area contributed by atoms with E-state index in [0.717, 1.165) is 24.3 Å². The molecule has 0 amide bonds. The van der Waals surface area contributed by atoms with Gasteiger partial charge in [-0.05, 0) is 18.9 Å². The Balaban J connectivity index is 2.09. The molecule has 1 N–H and O–H groups in total. The first-order valence-electron chi connectivity index (χ1n) is 7.41. The minimum absolute atomic E-state index is 0.716. The molecule has 0 atom stereocenters. The molecule has 0 saturated carbocycles. The smallest absolute Gasteiger partial charge is 0.181 e. The van der Waals surface area contributed by atoms with Gasteiger partial charge in [0.15, 0.2) is 5.65 Å². The summed E-state index contributed by atoms with van der Waals surface area (Å²) < 4.78 is 0. The third-order valence-electron chi connectivity index (χ3n) is 3.29. The molecule has 0 fully saturated rings. The van der Waals surface area contributed by atoms with Crippen molar-refractivity contribution in [2.45, 2.75) is 39.5 Å². The van der Waals surface area contributed by atoms with Crippen molar-refractivity contribution in [3.63, 3.8) is 0 Å². The van der Waals surface area contributed by atoms with Crippen LogP contribution in [0.1, 0.15) is 45.2 Å². The van der Waals surface area contributed by atoms with Gasteiger partial charge in [-0.3, -0.25) is 0 Å². The fourth-order valence-electron chi connectivity index (χ4n) is 2.07. The summed E-state index contributed by atoms with van der Waals surface area (Å²) in [4.78, 5) is 18.1. The summed E-state index contributed by atoms with van der Waals surface area (Å²) in [5.41, 5.74) is 2.51. The number of rotatable bonds is 8. The molecule has 0 spiro atoms. The van der Waals surface area contributed by atoms with Gasteiger partial charge in [0.25, 0.3) is 0 Å². The average Bonchev–Trinajstić information content (AvgIpc) is 2.95. The Bertz CT molecular complexity index is 538. The number of nitrogens with zero attached hydrogens (tertiary/aromatic N) is 4. The Morgan fingerprint density at radius 1 is 1.10 bits per heavy atom. The second-order valence-electron chi connectivity index (χ2n) is 4.92. The van der Waals surface area contributed by atoms with Crippen LogP contribution >= 0.6 is 0 Å². The molecule has 0 bridgehead atoms. The predicted molar refractivity (Wildman–Crippen MR) is 82.1 cm³/mol. The molecule has 2 heterocycles. The summed E-state index contributed by atoms with van der Waals surface area (Å²) in [6.45, 7) is 6.65. The quantitative estimate of drug-likeness (QED) is 0.802. The van der Waals surface area contributed by atoms with Crippen LogP contribution in [0.2, 0.25) is 0 Å². The minimum Gasteiger partial charge on any atom is -0.377 e. The highest BCUT2D eigenvalue weighted by Gasteiger charge is 2.03. The van der Waals surface area contributed by atoms with Crippen molar-refractivity contribution in [2.75, 3.05) is 13.1 Å². The van der Waals surface area contributed by atoms with Crippen LogP contribution in [0.5, 0.6) is 0 Å². The molecule has 108 valence electrons. The molecule has 0 aliphatic rings. The van der Waals surface area contributed by atoms with Gasteiger partial charge >= 0.3 is 0 Å². The van der Waals surface area contributed by atoms with Gasteiger partial charge in [0, 0.05) is 19.3 Å². The number of aromatic amines is 1. The van der Waals surface area contributed by atoms with Crippen molar-refractivity contribution in [3.05, 3.63) is 24.5 Å². The van der Waals surface area contributed by atoms with Gasteiger partial charge in [-0.2, -0.15) is 0 Å². The van der Waals surface area contributed by atoms with E-state index in [4.69, 9.17) is 0 Å². The van der Waals surface area contributed by atoms with Gasteiger partial charge < -0.3 is 9.88 Å². The van der Waals surface area contributed by atoms with E-state index in [0.29, 0.717) is 5.65 Å². The summed E-state index contributed by atoms with van der Waals surface area (Å²) in [6, 6.07) is 0. The number of nitrogens with one attached hydrogen (secondary N) is 1. The predicted octanol–water partition coefficient (Wildman–Crippen LogP) is 3.23. The SMILES string of the molecule is CCCCN(C=Cc1ncnc2nc[nH]c12)CCCC. The van der Waals surface area contributed by atoms with E-state index in [-0.39, 0.29) is 0 Å². The molecule has 2 rings (SSSR count). The van der Waals surface area contributed by atoms with Gasteiger partial charge in [0.05, 0.1) is 12.0 Å². The lowest BCUT2D eigenvalue weighted by atomic mass is 10.2. The third kappa shape index (κ3) is 3.79. The van der Waals surface area contributed by atoms with E-state index in [1.165, 1.54) is 25.7 Å². The molecule has 2 aromatic heterocycles. The normalized spacial score (nSPS) is 11.5. The first kappa shape index (κ1) is 14.5. The van der Waals surface area contributed by atoms with Gasteiger partial charge in [-0.25, -0.2) is 15.0 Å². The molecule has 20 heavy (non-hydrogen) atoms. The number of aromatic nitrogens is 4. The zero-order valence-electron chi connectivity index (χ0n) is 12.3. The van der Waals surface area contributed by atoms with Crippen molar-refractivity contribution >= 4 is 17.2 Å². The summed E-state index contributed by atoms with van der Waals surface area (Å²) in [5, 5.41) is 0. The van der Waals surface area contributed by atoms with E-state index in [9.17, 15) is 0 Å². The number of unbranched alkanes of at least 4 members (excludes halogenated alkanes) is 2. The molecular formula is C15H23N5. The molecule has 5 heteroatoms. The zero-order valence-corrected chi connectivity index (χ0v) is 12.3. The standard InChI is InChI=1S/C15H23N5/c1-3-5-8-20(9-6-4-2)10-7-13-14-15(18-11-16-13)19-12-17-14/h7,10-12H,3-6,8-9H2,1-2H3,(H,16,17,18,19). The van der Waals surface area contributed by atoms with Crippen molar-refractivity contribution in [2.24, 2.45) is 0 Å². The molecule has 5 nitrogen and oxygen atoms in total.